The molecule has 0 aliphatic carbocycles. The van der Waals surface area contributed by atoms with Crippen molar-refractivity contribution in [3.05, 3.63) is 218 Å². The van der Waals surface area contributed by atoms with Gasteiger partial charge in [0.15, 0.2) is 17.5 Å². The quantitative estimate of drug-likeness (QED) is 0.161. The van der Waals surface area contributed by atoms with E-state index in [1.807, 2.05) is 29.5 Å². The van der Waals surface area contributed by atoms with Gasteiger partial charge in [-0.05, 0) is 81.9 Å². The van der Waals surface area contributed by atoms with Crippen LogP contribution < -0.4 is 0 Å². The van der Waals surface area contributed by atoms with Crippen molar-refractivity contribution in [2.45, 2.75) is 0 Å². The van der Waals surface area contributed by atoms with Crippen molar-refractivity contribution >= 4 is 53.3 Å². The molecule has 0 unspecified atom stereocenters. The van der Waals surface area contributed by atoms with Crippen LogP contribution in [0.15, 0.2) is 218 Å². The number of benzene rings is 9. The third kappa shape index (κ3) is 6.18. The van der Waals surface area contributed by atoms with Crippen molar-refractivity contribution in [1.29, 1.82) is 0 Å². The molecule has 0 radical (unpaired) electrons. The maximum atomic E-state index is 5.42. The average molecular weight is 809 g/mol. The van der Waals surface area contributed by atoms with Crippen molar-refractivity contribution < 1.29 is 0 Å². The second-order valence-electron chi connectivity index (χ2n) is 15.6. The van der Waals surface area contributed by atoms with Crippen LogP contribution in [0.2, 0.25) is 0 Å². The van der Waals surface area contributed by atoms with Gasteiger partial charge in [0.2, 0.25) is 0 Å². The van der Waals surface area contributed by atoms with E-state index >= 15 is 0 Å². The number of hydrogen-bond donors (Lipinski definition) is 0. The van der Waals surface area contributed by atoms with E-state index in [0.717, 1.165) is 66.8 Å². The summed E-state index contributed by atoms with van der Waals surface area (Å²) in [5.41, 5.74) is 12.8. The molecule has 12 aromatic rings. The highest BCUT2D eigenvalue weighted by molar-refractivity contribution is 7.25. The highest BCUT2D eigenvalue weighted by Crippen LogP contribution is 2.42. The second kappa shape index (κ2) is 14.9. The molecule has 0 spiro atoms. The first-order valence-electron chi connectivity index (χ1n) is 20.8. The van der Waals surface area contributed by atoms with E-state index in [1.54, 1.807) is 0 Å². The van der Waals surface area contributed by atoms with E-state index in [1.165, 1.54) is 30.9 Å². The largest absolute Gasteiger partial charge is 0.308 e. The first-order chi connectivity index (χ1) is 30.7. The summed E-state index contributed by atoms with van der Waals surface area (Å²) in [4.78, 5) is 16.0. The maximum absolute atomic E-state index is 5.42. The fourth-order valence-corrected chi connectivity index (χ4v) is 10.0. The fraction of sp³-hybridized carbons (Fsp3) is 0. The standard InChI is InChI=1S/C57H36N4S/c1-4-16-37(17-5-1)40-28-32-47(52(36-40)61-50-25-13-10-22-44(50)45-23-11-14-26-51(45)61)57-59-55(39-20-8-3-9-21-39)58-56(60-57)42-29-31-43(38-18-6-2-7-19-38)48(35-42)41-30-33-54-49(34-41)46-24-12-15-27-53(46)62-54/h1-36H. The highest BCUT2D eigenvalue weighted by Gasteiger charge is 2.21. The topological polar surface area (TPSA) is 43.6 Å². The lowest BCUT2D eigenvalue weighted by Gasteiger charge is -2.17. The number of hydrogen-bond acceptors (Lipinski definition) is 4. The average Bonchev–Trinajstić information content (AvgIpc) is 3.90. The van der Waals surface area contributed by atoms with Gasteiger partial charge in [0, 0.05) is 47.6 Å². The van der Waals surface area contributed by atoms with Gasteiger partial charge in [-0.15, -0.1) is 11.3 Å². The molecular formula is C57H36N4S. The molecule has 0 aliphatic rings. The van der Waals surface area contributed by atoms with E-state index in [2.05, 4.69) is 205 Å². The Hall–Kier alpha value is -7.99. The van der Waals surface area contributed by atoms with Crippen LogP contribution in [0.4, 0.5) is 0 Å². The summed E-state index contributed by atoms with van der Waals surface area (Å²) < 4.78 is 4.94. The van der Waals surface area contributed by atoms with Crippen molar-refractivity contribution in [3.8, 4) is 73.2 Å². The molecule has 3 aromatic heterocycles. The number of para-hydroxylation sites is 2. The van der Waals surface area contributed by atoms with Crippen LogP contribution in [0.5, 0.6) is 0 Å². The summed E-state index contributed by atoms with van der Waals surface area (Å²) in [6.45, 7) is 0. The van der Waals surface area contributed by atoms with Gasteiger partial charge in [0.25, 0.3) is 0 Å². The van der Waals surface area contributed by atoms with Crippen molar-refractivity contribution in [2.24, 2.45) is 0 Å². The van der Waals surface area contributed by atoms with Crippen molar-refractivity contribution in [3.63, 3.8) is 0 Å². The third-order valence-corrected chi connectivity index (χ3v) is 13.0. The summed E-state index contributed by atoms with van der Waals surface area (Å²) in [7, 11) is 0. The van der Waals surface area contributed by atoms with Crippen LogP contribution in [0.1, 0.15) is 0 Å². The molecule has 5 heteroatoms. The molecule has 0 N–H and O–H groups in total. The predicted molar refractivity (Wildman–Crippen MR) is 260 cm³/mol. The molecule has 0 aliphatic heterocycles. The minimum absolute atomic E-state index is 0.602. The zero-order valence-electron chi connectivity index (χ0n) is 33.5. The Morgan fingerprint density at radius 2 is 0.806 bits per heavy atom. The van der Waals surface area contributed by atoms with E-state index < -0.39 is 0 Å². The second-order valence-corrected chi connectivity index (χ2v) is 16.7. The van der Waals surface area contributed by atoms with Crippen LogP contribution in [0, 0.1) is 0 Å². The minimum atomic E-state index is 0.602. The lowest BCUT2D eigenvalue weighted by atomic mass is 9.92. The molecule has 4 nitrogen and oxygen atoms in total. The van der Waals surface area contributed by atoms with Gasteiger partial charge in [0.1, 0.15) is 0 Å². The molecule has 0 atom stereocenters. The van der Waals surface area contributed by atoms with Gasteiger partial charge in [-0.1, -0.05) is 170 Å². The molecule has 0 saturated carbocycles. The monoisotopic (exact) mass is 808 g/mol. The number of nitrogens with zero attached hydrogens (tertiary/aromatic N) is 4. The summed E-state index contributed by atoms with van der Waals surface area (Å²) >= 11 is 1.84. The fourth-order valence-electron chi connectivity index (χ4n) is 8.93. The van der Waals surface area contributed by atoms with Gasteiger partial charge >= 0.3 is 0 Å². The first kappa shape index (κ1) is 35.9. The summed E-state index contributed by atoms with van der Waals surface area (Å²) in [6.07, 6.45) is 0. The number of rotatable bonds is 7. The van der Waals surface area contributed by atoms with Crippen LogP contribution in [-0.2, 0) is 0 Å². The van der Waals surface area contributed by atoms with Gasteiger partial charge in [-0.2, -0.15) is 0 Å². The summed E-state index contributed by atoms with van der Waals surface area (Å²) in [5, 5.41) is 4.93. The van der Waals surface area contributed by atoms with Gasteiger partial charge < -0.3 is 4.57 Å². The Kier molecular flexibility index (Phi) is 8.65. The van der Waals surface area contributed by atoms with Crippen LogP contribution in [0.25, 0.3) is 115 Å². The SMILES string of the molecule is c1ccc(-c2ccc(-c3nc(-c4ccccc4)nc(-c4ccc(-c5ccccc5)c(-c5ccc6sc7ccccc7c6c5)c4)n3)c(-n3c4ccccc4c4ccccc43)c2)cc1. The van der Waals surface area contributed by atoms with Crippen LogP contribution >= 0.6 is 11.3 Å². The number of aromatic nitrogens is 4. The molecule has 12 rings (SSSR count). The Morgan fingerprint density at radius 1 is 0.290 bits per heavy atom. The van der Waals surface area contributed by atoms with Crippen LogP contribution in [-0.4, -0.2) is 19.5 Å². The van der Waals surface area contributed by atoms with E-state index in [4.69, 9.17) is 15.0 Å². The summed E-state index contributed by atoms with van der Waals surface area (Å²) in [6, 6.07) is 77.5. The highest BCUT2D eigenvalue weighted by atomic mass is 32.1. The summed E-state index contributed by atoms with van der Waals surface area (Å²) in [5.74, 6) is 1.83. The lowest BCUT2D eigenvalue weighted by molar-refractivity contribution is 1.06. The smallest absolute Gasteiger partial charge is 0.166 e. The maximum Gasteiger partial charge on any atom is 0.166 e. The molecule has 0 fully saturated rings. The molecule has 290 valence electrons. The number of thiophene rings is 1. The van der Waals surface area contributed by atoms with E-state index in [-0.39, 0.29) is 0 Å². The Balaban J connectivity index is 1.11. The Bertz CT molecular complexity index is 3580. The van der Waals surface area contributed by atoms with Gasteiger partial charge in [-0.3, -0.25) is 0 Å². The molecule has 62 heavy (non-hydrogen) atoms. The molecule has 9 aromatic carbocycles. The molecule has 0 bridgehead atoms. The van der Waals surface area contributed by atoms with Crippen molar-refractivity contribution in [1.82, 2.24) is 19.5 Å². The normalized spacial score (nSPS) is 11.5. The molecule has 3 heterocycles. The van der Waals surface area contributed by atoms with Crippen LogP contribution in [0.3, 0.4) is 0 Å². The van der Waals surface area contributed by atoms with Gasteiger partial charge in [0.05, 0.1) is 16.7 Å². The van der Waals surface area contributed by atoms with E-state index in [0.29, 0.717) is 17.5 Å². The number of fused-ring (bicyclic) bond motifs is 6. The lowest BCUT2D eigenvalue weighted by Crippen LogP contribution is -2.04. The first-order valence-corrected chi connectivity index (χ1v) is 21.7. The molecule has 0 saturated heterocycles. The minimum Gasteiger partial charge on any atom is -0.308 e. The zero-order valence-corrected chi connectivity index (χ0v) is 34.3. The Morgan fingerprint density at radius 3 is 1.52 bits per heavy atom. The van der Waals surface area contributed by atoms with E-state index in [9.17, 15) is 0 Å². The molecule has 0 amide bonds. The molecular weight excluding hydrogens is 773 g/mol. The van der Waals surface area contributed by atoms with Gasteiger partial charge in [-0.25, -0.2) is 15.0 Å². The Labute approximate surface area is 362 Å². The zero-order chi connectivity index (χ0) is 41.0. The predicted octanol–water partition coefficient (Wildman–Crippen LogP) is 15.3. The van der Waals surface area contributed by atoms with Crippen molar-refractivity contribution in [2.75, 3.05) is 0 Å². The third-order valence-electron chi connectivity index (χ3n) is 11.9.